The molecule has 5 rings (SSSR count). The van der Waals surface area contributed by atoms with Crippen LogP contribution in [0.15, 0.2) is 71.7 Å². The molecule has 3 unspecified atom stereocenters. The van der Waals surface area contributed by atoms with Crippen molar-refractivity contribution in [2.75, 3.05) is 19.5 Å². The molecule has 2 aliphatic rings. The van der Waals surface area contributed by atoms with Crippen molar-refractivity contribution in [3.8, 4) is 17.2 Å². The lowest BCUT2D eigenvalue weighted by Crippen LogP contribution is -2.38. The van der Waals surface area contributed by atoms with Crippen LogP contribution in [0.1, 0.15) is 49.8 Å². The molecule has 36 heavy (non-hydrogen) atoms. The maximum atomic E-state index is 13.8. The van der Waals surface area contributed by atoms with Gasteiger partial charge in [0.1, 0.15) is 23.0 Å². The molecule has 0 aromatic heterocycles. The van der Waals surface area contributed by atoms with Crippen molar-refractivity contribution in [1.82, 2.24) is 0 Å². The van der Waals surface area contributed by atoms with Gasteiger partial charge in [0.2, 0.25) is 0 Å². The van der Waals surface area contributed by atoms with Gasteiger partial charge in [-0.15, -0.1) is 0 Å². The maximum Gasteiger partial charge on any atom is 0.144 e. The third-order valence-electron chi connectivity index (χ3n) is 6.92. The molecule has 186 valence electrons. The van der Waals surface area contributed by atoms with E-state index < -0.39 is 5.92 Å². The Kier molecular flexibility index (Phi) is 6.68. The molecular weight excluding hydrogens is 452 g/mol. The van der Waals surface area contributed by atoms with E-state index in [4.69, 9.17) is 19.2 Å². The van der Waals surface area contributed by atoms with E-state index in [9.17, 15) is 4.79 Å². The van der Waals surface area contributed by atoms with Gasteiger partial charge in [-0.1, -0.05) is 24.3 Å². The molecule has 3 atom stereocenters. The Morgan fingerprint density at radius 1 is 0.917 bits per heavy atom. The van der Waals surface area contributed by atoms with Gasteiger partial charge in [-0.05, 0) is 68.1 Å². The molecule has 1 saturated carbocycles. The number of carbonyl (C=O) groups excluding carboxylic acids is 1. The molecule has 3 aromatic carbocycles. The lowest BCUT2D eigenvalue weighted by atomic mass is 9.72. The number of anilines is 1. The van der Waals surface area contributed by atoms with Crippen LogP contribution >= 0.6 is 0 Å². The van der Waals surface area contributed by atoms with Gasteiger partial charge >= 0.3 is 0 Å². The lowest BCUT2D eigenvalue weighted by Gasteiger charge is -2.34. The molecule has 0 saturated heterocycles. The highest BCUT2D eigenvalue weighted by Crippen LogP contribution is 2.46. The lowest BCUT2D eigenvalue weighted by molar-refractivity contribution is -0.122. The van der Waals surface area contributed by atoms with Crippen molar-refractivity contribution in [1.29, 1.82) is 0 Å². The average molecular weight is 485 g/mol. The predicted molar refractivity (Wildman–Crippen MR) is 142 cm³/mol. The van der Waals surface area contributed by atoms with Crippen molar-refractivity contribution in [3.63, 3.8) is 0 Å². The summed E-state index contributed by atoms with van der Waals surface area (Å²) in [6.07, 6.45) is 1.23. The molecule has 0 spiro atoms. The molecule has 6 nitrogen and oxygen atoms in total. The predicted octanol–water partition coefficient (Wildman–Crippen LogP) is 6.49. The van der Waals surface area contributed by atoms with E-state index >= 15 is 0 Å². The fourth-order valence-corrected chi connectivity index (χ4v) is 5.26. The van der Waals surface area contributed by atoms with Gasteiger partial charge in [0.15, 0.2) is 0 Å². The van der Waals surface area contributed by atoms with Crippen LogP contribution in [0.3, 0.4) is 0 Å². The number of aliphatic imine (C=N–C) groups is 1. The number of ether oxygens (including phenoxy) is 3. The Labute approximate surface area is 212 Å². The Morgan fingerprint density at radius 2 is 1.67 bits per heavy atom. The normalized spacial score (nSPS) is 21.0. The number of methoxy groups -OCH3 is 2. The number of rotatable bonds is 6. The van der Waals surface area contributed by atoms with Gasteiger partial charge in [0.25, 0.3) is 0 Å². The zero-order chi connectivity index (χ0) is 25.2. The summed E-state index contributed by atoms with van der Waals surface area (Å²) in [4.78, 5) is 18.9. The van der Waals surface area contributed by atoms with Crippen molar-refractivity contribution in [2.24, 2.45) is 10.9 Å². The van der Waals surface area contributed by atoms with Crippen LogP contribution in [0.25, 0.3) is 0 Å². The van der Waals surface area contributed by atoms with E-state index in [0.717, 1.165) is 39.7 Å². The largest absolute Gasteiger partial charge is 0.497 e. The number of nitrogens with zero attached hydrogens (tertiary/aromatic N) is 1. The number of ketones is 1. The minimum atomic E-state index is -0.391. The van der Waals surface area contributed by atoms with Crippen molar-refractivity contribution in [2.45, 2.75) is 44.8 Å². The fourth-order valence-electron chi connectivity index (χ4n) is 5.26. The highest BCUT2D eigenvalue weighted by Gasteiger charge is 2.42. The maximum absolute atomic E-state index is 13.8. The van der Waals surface area contributed by atoms with Gasteiger partial charge in [0, 0.05) is 23.8 Å². The summed E-state index contributed by atoms with van der Waals surface area (Å²) in [5, 5.41) is 3.64. The Hall–Kier alpha value is -3.80. The van der Waals surface area contributed by atoms with Crippen LogP contribution in [-0.4, -0.2) is 31.8 Å². The first kappa shape index (κ1) is 23.9. The fraction of sp³-hybridized carbons (Fsp3) is 0.333. The zero-order valence-corrected chi connectivity index (χ0v) is 21.2. The number of benzene rings is 3. The molecule has 1 aliphatic heterocycles. The SMILES string of the molecule is COc1ccc(C2CC(=O)C3C(=Nc4ccccc4NC3c3ccc(OC(C)C)cc3OC)C2)cc1. The number of hydrogen-bond donors (Lipinski definition) is 1. The second kappa shape index (κ2) is 10.1. The molecule has 3 aromatic rings. The van der Waals surface area contributed by atoms with E-state index in [-0.39, 0.29) is 23.8 Å². The Bertz CT molecular complexity index is 1280. The minimum absolute atomic E-state index is 0.0528. The highest BCUT2D eigenvalue weighted by molar-refractivity contribution is 6.11. The standard InChI is InChI=1S/C30H32N2O4/c1-18(2)36-22-13-14-23(28(17-22)35-4)30-29-26(31-24-7-5-6-8-25(24)32-30)15-20(16-27(29)33)19-9-11-21(34-3)12-10-19/h5-14,17-18,20,29-30,32H,15-16H2,1-4H3. The molecule has 6 heteroatoms. The van der Waals surface area contributed by atoms with Crippen molar-refractivity contribution >= 4 is 22.9 Å². The summed E-state index contributed by atoms with van der Waals surface area (Å²) in [6, 6.07) is 21.5. The van der Waals surface area contributed by atoms with Gasteiger partial charge in [0.05, 0.1) is 43.7 Å². The molecule has 0 radical (unpaired) electrons. The molecule has 1 fully saturated rings. The number of hydrogen-bond acceptors (Lipinski definition) is 6. The van der Waals surface area contributed by atoms with Crippen LogP contribution in [0.5, 0.6) is 17.2 Å². The van der Waals surface area contributed by atoms with E-state index in [0.29, 0.717) is 18.6 Å². The van der Waals surface area contributed by atoms with Crippen LogP contribution < -0.4 is 19.5 Å². The third kappa shape index (κ3) is 4.68. The smallest absolute Gasteiger partial charge is 0.144 e. The number of Topliss-reactive ketones (excluding diaryl/α,β-unsaturated/α-hetero) is 1. The second-order valence-electron chi connectivity index (χ2n) is 9.63. The topological polar surface area (TPSA) is 69.2 Å². The van der Waals surface area contributed by atoms with Crippen LogP contribution in [0.2, 0.25) is 0 Å². The number of fused-ring (bicyclic) bond motifs is 2. The Balaban J connectivity index is 1.56. The van der Waals surface area contributed by atoms with E-state index in [1.165, 1.54) is 0 Å². The third-order valence-corrected chi connectivity index (χ3v) is 6.92. The van der Waals surface area contributed by atoms with Gasteiger partial charge in [-0.3, -0.25) is 9.79 Å². The van der Waals surface area contributed by atoms with Gasteiger partial charge in [-0.25, -0.2) is 0 Å². The summed E-state index contributed by atoms with van der Waals surface area (Å²) >= 11 is 0. The molecule has 0 amide bonds. The van der Waals surface area contributed by atoms with Crippen LogP contribution in [-0.2, 0) is 4.79 Å². The van der Waals surface area contributed by atoms with E-state index in [2.05, 4.69) is 17.4 Å². The number of carbonyl (C=O) groups is 1. The number of para-hydroxylation sites is 2. The highest BCUT2D eigenvalue weighted by atomic mass is 16.5. The monoisotopic (exact) mass is 484 g/mol. The summed E-state index contributed by atoms with van der Waals surface area (Å²) < 4.78 is 17.0. The molecule has 0 bridgehead atoms. The Morgan fingerprint density at radius 3 is 2.39 bits per heavy atom. The quantitative estimate of drug-likeness (QED) is 0.433. The second-order valence-corrected chi connectivity index (χ2v) is 9.63. The average Bonchev–Trinajstić information content (AvgIpc) is 3.05. The van der Waals surface area contributed by atoms with Gasteiger partial charge < -0.3 is 19.5 Å². The summed E-state index contributed by atoms with van der Waals surface area (Å²) in [5.41, 5.74) is 4.70. The van der Waals surface area contributed by atoms with Crippen LogP contribution in [0.4, 0.5) is 11.4 Å². The first-order valence-corrected chi connectivity index (χ1v) is 12.4. The minimum Gasteiger partial charge on any atom is -0.497 e. The summed E-state index contributed by atoms with van der Waals surface area (Å²) in [5.74, 6) is 2.10. The molecular formula is C30H32N2O4. The van der Waals surface area contributed by atoms with E-state index in [1.807, 2.05) is 68.4 Å². The number of nitrogens with one attached hydrogen (secondary N) is 1. The first-order chi connectivity index (χ1) is 17.5. The molecule has 1 N–H and O–H groups in total. The van der Waals surface area contributed by atoms with Crippen molar-refractivity contribution in [3.05, 3.63) is 77.9 Å². The molecule has 1 heterocycles. The van der Waals surface area contributed by atoms with Crippen molar-refractivity contribution < 1.29 is 19.0 Å². The summed E-state index contributed by atoms with van der Waals surface area (Å²) in [7, 11) is 3.31. The van der Waals surface area contributed by atoms with Crippen LogP contribution in [0, 0.1) is 5.92 Å². The zero-order valence-electron chi connectivity index (χ0n) is 21.2. The summed E-state index contributed by atoms with van der Waals surface area (Å²) in [6.45, 7) is 3.99. The first-order valence-electron chi connectivity index (χ1n) is 12.4. The van der Waals surface area contributed by atoms with Gasteiger partial charge in [-0.2, -0.15) is 0 Å². The molecule has 1 aliphatic carbocycles. The van der Waals surface area contributed by atoms with E-state index in [1.54, 1.807) is 14.2 Å².